The number of rotatable bonds is 4. The molecule has 0 spiro atoms. The highest BCUT2D eigenvalue weighted by Gasteiger charge is 2.23. The van der Waals surface area contributed by atoms with Crippen molar-refractivity contribution in [2.45, 2.75) is 0 Å². The highest BCUT2D eigenvalue weighted by Crippen LogP contribution is 2.22. The van der Waals surface area contributed by atoms with Crippen LogP contribution in [0.25, 0.3) is 0 Å². The van der Waals surface area contributed by atoms with Crippen LogP contribution in [0.4, 0.5) is 11.5 Å². The number of hydrogen-bond donors (Lipinski definition) is 0. The first-order valence-corrected chi connectivity index (χ1v) is 10.1. The third-order valence-corrected chi connectivity index (χ3v) is 5.70. The van der Waals surface area contributed by atoms with Gasteiger partial charge in [0.1, 0.15) is 5.75 Å². The molecule has 1 aromatic carbocycles. The second-order valence-corrected chi connectivity index (χ2v) is 7.54. The van der Waals surface area contributed by atoms with Crippen molar-refractivity contribution < 1.29 is 9.53 Å². The van der Waals surface area contributed by atoms with Gasteiger partial charge in [0.25, 0.3) is 5.91 Å². The summed E-state index contributed by atoms with van der Waals surface area (Å²) >= 11 is 0. The van der Waals surface area contributed by atoms with Crippen molar-refractivity contribution >= 4 is 17.4 Å². The summed E-state index contributed by atoms with van der Waals surface area (Å²) in [6.07, 6.45) is 0. The van der Waals surface area contributed by atoms with Crippen LogP contribution in [0.15, 0.2) is 36.4 Å². The number of amides is 1. The Hall–Kier alpha value is -2.87. The SMILES string of the molecule is COc1ccc(N2CCN(c3ccc(C(=O)N4CCN(C)CC4)nn3)CC2)cc1. The summed E-state index contributed by atoms with van der Waals surface area (Å²) in [7, 11) is 3.75. The zero-order valence-electron chi connectivity index (χ0n) is 17.1. The summed E-state index contributed by atoms with van der Waals surface area (Å²) in [5.41, 5.74) is 1.62. The molecule has 0 unspecified atom stereocenters. The number of anilines is 2. The van der Waals surface area contributed by atoms with E-state index in [1.54, 1.807) is 13.2 Å². The van der Waals surface area contributed by atoms with Crippen LogP contribution < -0.4 is 14.5 Å². The lowest BCUT2D eigenvalue weighted by Gasteiger charge is -2.36. The first kappa shape index (κ1) is 19.4. The Morgan fingerprint density at radius 3 is 2.07 bits per heavy atom. The van der Waals surface area contributed by atoms with E-state index in [1.807, 2.05) is 23.1 Å². The summed E-state index contributed by atoms with van der Waals surface area (Å²) in [6, 6.07) is 11.9. The van der Waals surface area contributed by atoms with E-state index in [0.29, 0.717) is 5.69 Å². The summed E-state index contributed by atoms with van der Waals surface area (Å²) in [4.78, 5) is 21.3. The van der Waals surface area contributed by atoms with Gasteiger partial charge >= 0.3 is 0 Å². The highest BCUT2D eigenvalue weighted by atomic mass is 16.5. The second-order valence-electron chi connectivity index (χ2n) is 7.54. The van der Waals surface area contributed by atoms with E-state index in [2.05, 4.69) is 44.1 Å². The van der Waals surface area contributed by atoms with Gasteiger partial charge < -0.3 is 24.3 Å². The molecule has 0 radical (unpaired) electrons. The molecule has 0 aliphatic carbocycles. The molecule has 154 valence electrons. The maximum atomic E-state index is 12.6. The molecule has 4 rings (SSSR count). The molecule has 8 nitrogen and oxygen atoms in total. The van der Waals surface area contributed by atoms with E-state index < -0.39 is 0 Å². The Labute approximate surface area is 171 Å². The number of carbonyl (C=O) groups is 1. The van der Waals surface area contributed by atoms with Crippen molar-refractivity contribution in [3.8, 4) is 5.75 Å². The van der Waals surface area contributed by atoms with Gasteiger partial charge in [0.2, 0.25) is 0 Å². The number of likely N-dealkylation sites (N-methyl/N-ethyl adjacent to an activating group) is 1. The average molecular weight is 396 g/mol. The minimum atomic E-state index is -0.0264. The topological polar surface area (TPSA) is 65.0 Å². The Kier molecular flexibility index (Phi) is 5.80. The molecular formula is C21H28N6O2. The third-order valence-electron chi connectivity index (χ3n) is 5.70. The Balaban J connectivity index is 1.33. The van der Waals surface area contributed by atoms with Gasteiger partial charge in [-0.15, -0.1) is 10.2 Å². The number of benzene rings is 1. The second kappa shape index (κ2) is 8.65. The fourth-order valence-corrected chi connectivity index (χ4v) is 3.77. The van der Waals surface area contributed by atoms with E-state index >= 15 is 0 Å². The van der Waals surface area contributed by atoms with E-state index in [1.165, 1.54) is 5.69 Å². The minimum Gasteiger partial charge on any atom is -0.497 e. The molecule has 8 heteroatoms. The van der Waals surface area contributed by atoms with Gasteiger partial charge in [-0.2, -0.15) is 0 Å². The van der Waals surface area contributed by atoms with E-state index in [0.717, 1.165) is 63.9 Å². The zero-order chi connectivity index (χ0) is 20.2. The minimum absolute atomic E-state index is 0.0264. The van der Waals surface area contributed by atoms with Crippen LogP contribution in [-0.4, -0.2) is 92.4 Å². The van der Waals surface area contributed by atoms with Gasteiger partial charge in [0, 0.05) is 58.0 Å². The van der Waals surface area contributed by atoms with Crippen molar-refractivity contribution in [3.05, 3.63) is 42.1 Å². The maximum Gasteiger partial charge on any atom is 0.274 e. The van der Waals surface area contributed by atoms with Gasteiger partial charge in [-0.25, -0.2) is 0 Å². The van der Waals surface area contributed by atoms with Gasteiger partial charge in [-0.05, 0) is 43.4 Å². The largest absolute Gasteiger partial charge is 0.497 e. The Bertz CT molecular complexity index is 810. The monoisotopic (exact) mass is 396 g/mol. The number of ether oxygens (including phenoxy) is 1. The van der Waals surface area contributed by atoms with Gasteiger partial charge in [0.05, 0.1) is 7.11 Å². The molecule has 0 saturated carbocycles. The van der Waals surface area contributed by atoms with Gasteiger partial charge in [-0.1, -0.05) is 0 Å². The lowest BCUT2D eigenvalue weighted by atomic mass is 10.2. The summed E-state index contributed by atoms with van der Waals surface area (Å²) in [5.74, 6) is 1.67. The highest BCUT2D eigenvalue weighted by molar-refractivity contribution is 5.92. The number of piperazine rings is 2. The van der Waals surface area contributed by atoms with Crippen molar-refractivity contribution in [3.63, 3.8) is 0 Å². The quantitative estimate of drug-likeness (QED) is 0.769. The lowest BCUT2D eigenvalue weighted by molar-refractivity contribution is 0.0657. The van der Waals surface area contributed by atoms with Gasteiger partial charge in [-0.3, -0.25) is 4.79 Å². The number of carbonyl (C=O) groups excluding carboxylic acids is 1. The molecule has 2 aliphatic heterocycles. The molecule has 3 heterocycles. The van der Waals surface area contributed by atoms with Crippen LogP contribution in [0.2, 0.25) is 0 Å². The normalized spacial score (nSPS) is 18.1. The lowest BCUT2D eigenvalue weighted by Crippen LogP contribution is -2.47. The van der Waals surface area contributed by atoms with Crippen LogP contribution in [-0.2, 0) is 0 Å². The summed E-state index contributed by atoms with van der Waals surface area (Å²) in [5, 5.41) is 8.56. The van der Waals surface area contributed by atoms with E-state index in [9.17, 15) is 4.79 Å². The van der Waals surface area contributed by atoms with Crippen molar-refractivity contribution in [2.24, 2.45) is 0 Å². The van der Waals surface area contributed by atoms with E-state index in [-0.39, 0.29) is 5.91 Å². The standard InChI is InChI=1S/C21H28N6O2/c1-24-9-11-27(12-10-24)21(28)19-7-8-20(23-22-19)26-15-13-25(14-16-26)17-3-5-18(29-2)6-4-17/h3-8H,9-16H2,1-2H3. The number of methoxy groups -OCH3 is 1. The molecule has 0 N–H and O–H groups in total. The molecular weight excluding hydrogens is 368 g/mol. The predicted molar refractivity (Wildman–Crippen MR) is 113 cm³/mol. The number of hydrogen-bond acceptors (Lipinski definition) is 7. The number of nitrogens with zero attached hydrogens (tertiary/aromatic N) is 6. The fraction of sp³-hybridized carbons (Fsp3) is 0.476. The van der Waals surface area contributed by atoms with Crippen LogP contribution in [0, 0.1) is 0 Å². The Morgan fingerprint density at radius 1 is 0.828 bits per heavy atom. The van der Waals surface area contributed by atoms with Crippen molar-refractivity contribution in [2.75, 3.05) is 76.3 Å². The van der Waals surface area contributed by atoms with Crippen molar-refractivity contribution in [1.82, 2.24) is 20.0 Å². The molecule has 2 fully saturated rings. The first-order chi connectivity index (χ1) is 14.1. The zero-order valence-corrected chi connectivity index (χ0v) is 17.1. The third kappa shape index (κ3) is 4.42. The number of aromatic nitrogens is 2. The van der Waals surface area contributed by atoms with Gasteiger partial charge in [0.15, 0.2) is 11.5 Å². The smallest absolute Gasteiger partial charge is 0.274 e. The molecule has 1 aromatic heterocycles. The predicted octanol–water partition coefficient (Wildman–Crippen LogP) is 1.20. The molecule has 0 atom stereocenters. The Morgan fingerprint density at radius 2 is 1.48 bits per heavy atom. The molecule has 1 amide bonds. The average Bonchev–Trinajstić information content (AvgIpc) is 2.79. The van der Waals surface area contributed by atoms with E-state index in [4.69, 9.17) is 4.74 Å². The molecule has 2 saturated heterocycles. The molecule has 2 aliphatic rings. The molecule has 2 aromatic rings. The summed E-state index contributed by atoms with van der Waals surface area (Å²) < 4.78 is 5.23. The van der Waals surface area contributed by atoms with Crippen LogP contribution in [0.5, 0.6) is 5.75 Å². The van der Waals surface area contributed by atoms with Crippen LogP contribution >= 0.6 is 0 Å². The molecule has 29 heavy (non-hydrogen) atoms. The van der Waals surface area contributed by atoms with Crippen LogP contribution in [0.3, 0.4) is 0 Å². The maximum absolute atomic E-state index is 12.6. The van der Waals surface area contributed by atoms with Crippen molar-refractivity contribution in [1.29, 1.82) is 0 Å². The molecule has 0 bridgehead atoms. The van der Waals surface area contributed by atoms with Crippen LogP contribution in [0.1, 0.15) is 10.5 Å². The fourth-order valence-electron chi connectivity index (χ4n) is 3.77. The first-order valence-electron chi connectivity index (χ1n) is 10.1. The summed E-state index contributed by atoms with van der Waals surface area (Å²) in [6.45, 7) is 6.84.